The van der Waals surface area contributed by atoms with Crippen LogP contribution in [0.15, 0.2) is 0 Å². The molecule has 1 saturated heterocycles. The number of rotatable bonds is 8. The molecule has 1 rings (SSSR count). The van der Waals surface area contributed by atoms with Crippen LogP contribution in [0.5, 0.6) is 0 Å². The summed E-state index contributed by atoms with van der Waals surface area (Å²) in [6, 6.07) is 0.533. The summed E-state index contributed by atoms with van der Waals surface area (Å²) in [6.45, 7) is 2.08. The van der Waals surface area contributed by atoms with E-state index in [-0.39, 0.29) is 0 Å². The maximum atomic E-state index is 9.66. The second-order valence-corrected chi connectivity index (χ2v) is 6.00. The van der Waals surface area contributed by atoms with Gasteiger partial charge in [0.15, 0.2) is 0 Å². The van der Waals surface area contributed by atoms with Crippen molar-refractivity contribution >= 4 is 8.80 Å². The third-order valence-corrected chi connectivity index (χ3v) is 4.39. The Morgan fingerprint density at radius 3 is 2.57 bits per heavy atom. The van der Waals surface area contributed by atoms with Gasteiger partial charge in [0.05, 0.1) is 13.2 Å². The average molecular weight is 222 g/mol. The van der Waals surface area contributed by atoms with Gasteiger partial charge in [-0.15, -0.1) is 0 Å². The van der Waals surface area contributed by atoms with E-state index in [2.05, 4.69) is 0 Å². The molecular weight excluding hydrogens is 204 g/mol. The van der Waals surface area contributed by atoms with Crippen LogP contribution in [0.25, 0.3) is 0 Å². The molecule has 1 heterocycles. The van der Waals surface area contributed by atoms with Crippen molar-refractivity contribution in [3.8, 4) is 0 Å². The lowest BCUT2D eigenvalue weighted by atomic mass is 10.5. The SMILES string of the molecule is CO[Si](O)(CCCOCC1CO1)OC. The Bertz CT molecular complexity index is 158. The Morgan fingerprint density at radius 2 is 2.07 bits per heavy atom. The molecule has 0 saturated carbocycles. The Balaban J connectivity index is 1.95. The molecule has 0 aromatic carbocycles. The predicted octanol–water partition coefficient (Wildman–Crippen LogP) is 0.0159. The summed E-state index contributed by atoms with van der Waals surface area (Å²) in [5.74, 6) is 0. The molecule has 1 atom stereocenters. The molecule has 0 bridgehead atoms. The molecular formula is C8H18O5Si. The summed E-state index contributed by atoms with van der Waals surface area (Å²) in [5.41, 5.74) is 0. The lowest BCUT2D eigenvalue weighted by Gasteiger charge is -2.19. The summed E-state index contributed by atoms with van der Waals surface area (Å²) in [5, 5.41) is 0. The highest BCUT2D eigenvalue weighted by atomic mass is 28.4. The first kappa shape index (κ1) is 12.1. The lowest BCUT2D eigenvalue weighted by molar-refractivity contribution is 0.107. The van der Waals surface area contributed by atoms with Crippen LogP contribution < -0.4 is 0 Å². The number of ether oxygens (including phenoxy) is 2. The van der Waals surface area contributed by atoms with Crippen LogP contribution in [0, 0.1) is 0 Å². The van der Waals surface area contributed by atoms with E-state index in [9.17, 15) is 4.80 Å². The van der Waals surface area contributed by atoms with Crippen LogP contribution in [-0.2, 0) is 18.3 Å². The van der Waals surface area contributed by atoms with Crippen LogP contribution >= 0.6 is 0 Å². The molecule has 14 heavy (non-hydrogen) atoms. The van der Waals surface area contributed by atoms with Crippen LogP contribution in [0.1, 0.15) is 6.42 Å². The molecule has 1 fully saturated rings. The van der Waals surface area contributed by atoms with Gasteiger partial charge in [-0.1, -0.05) is 0 Å². The van der Waals surface area contributed by atoms with Crippen LogP contribution in [0.4, 0.5) is 0 Å². The molecule has 6 heteroatoms. The fraction of sp³-hybridized carbons (Fsp3) is 1.00. The van der Waals surface area contributed by atoms with Crippen molar-refractivity contribution in [3.05, 3.63) is 0 Å². The van der Waals surface area contributed by atoms with Crippen molar-refractivity contribution in [1.29, 1.82) is 0 Å². The molecule has 1 aliphatic heterocycles. The smallest absolute Gasteiger partial charge is 0.390 e. The van der Waals surface area contributed by atoms with Gasteiger partial charge in [0, 0.05) is 26.9 Å². The van der Waals surface area contributed by atoms with E-state index in [1.807, 2.05) is 0 Å². The Kier molecular flexibility index (Phi) is 5.00. The van der Waals surface area contributed by atoms with E-state index >= 15 is 0 Å². The highest BCUT2D eigenvalue weighted by Gasteiger charge is 2.33. The van der Waals surface area contributed by atoms with E-state index < -0.39 is 8.80 Å². The minimum Gasteiger partial charge on any atom is -0.390 e. The molecule has 0 aromatic heterocycles. The molecule has 0 aromatic rings. The quantitative estimate of drug-likeness (QED) is 0.356. The second-order valence-electron chi connectivity index (χ2n) is 3.25. The topological polar surface area (TPSA) is 60.5 Å². The Morgan fingerprint density at radius 1 is 1.43 bits per heavy atom. The highest BCUT2D eigenvalue weighted by Crippen LogP contribution is 2.12. The zero-order valence-corrected chi connectivity index (χ0v) is 9.69. The largest absolute Gasteiger partial charge is 0.497 e. The normalized spacial score (nSPS) is 21.2. The van der Waals surface area contributed by atoms with E-state index in [0.717, 1.165) is 13.0 Å². The predicted molar refractivity (Wildman–Crippen MR) is 52.0 cm³/mol. The van der Waals surface area contributed by atoms with E-state index in [1.165, 1.54) is 14.2 Å². The van der Waals surface area contributed by atoms with Crippen LogP contribution in [0.3, 0.4) is 0 Å². The summed E-state index contributed by atoms with van der Waals surface area (Å²) >= 11 is 0. The fourth-order valence-electron chi connectivity index (χ4n) is 1.06. The molecule has 0 amide bonds. The molecule has 0 radical (unpaired) electrons. The van der Waals surface area contributed by atoms with Gasteiger partial charge in [-0.05, 0) is 6.42 Å². The molecule has 0 spiro atoms. The van der Waals surface area contributed by atoms with Gasteiger partial charge in [0.25, 0.3) is 0 Å². The number of hydrogen-bond donors (Lipinski definition) is 1. The first-order valence-corrected chi connectivity index (χ1v) is 6.69. The van der Waals surface area contributed by atoms with Gasteiger partial charge in [-0.25, -0.2) is 0 Å². The standard InChI is InChI=1S/C8H18O5Si/c1-10-14(9,11-2)5-3-4-12-6-8-7-13-8/h8-9H,3-7H2,1-2H3. The number of hydrogen-bond acceptors (Lipinski definition) is 5. The number of epoxide rings is 1. The van der Waals surface area contributed by atoms with Gasteiger partial charge in [-0.3, -0.25) is 0 Å². The Labute approximate surface area is 85.3 Å². The molecule has 1 aliphatic rings. The monoisotopic (exact) mass is 222 g/mol. The minimum absolute atomic E-state index is 0.302. The molecule has 1 unspecified atom stereocenters. The maximum Gasteiger partial charge on any atom is 0.497 e. The van der Waals surface area contributed by atoms with Crippen LogP contribution in [-0.4, -0.2) is 53.7 Å². The van der Waals surface area contributed by atoms with Gasteiger partial charge < -0.3 is 23.1 Å². The minimum atomic E-state index is -2.87. The zero-order valence-electron chi connectivity index (χ0n) is 8.69. The summed E-state index contributed by atoms with van der Waals surface area (Å²) in [6.07, 6.45) is 1.05. The third-order valence-electron chi connectivity index (χ3n) is 2.13. The third kappa shape index (κ3) is 4.49. The van der Waals surface area contributed by atoms with Crippen LogP contribution in [0.2, 0.25) is 6.04 Å². The van der Waals surface area contributed by atoms with Gasteiger partial charge >= 0.3 is 8.80 Å². The van der Waals surface area contributed by atoms with Crippen molar-refractivity contribution in [3.63, 3.8) is 0 Å². The van der Waals surface area contributed by atoms with E-state index in [1.54, 1.807) is 0 Å². The molecule has 0 aliphatic carbocycles. The molecule has 5 nitrogen and oxygen atoms in total. The second kappa shape index (κ2) is 5.79. The zero-order chi connectivity index (χ0) is 10.4. The van der Waals surface area contributed by atoms with Gasteiger partial charge in [0.2, 0.25) is 0 Å². The first-order chi connectivity index (χ1) is 6.70. The van der Waals surface area contributed by atoms with Gasteiger partial charge in [0.1, 0.15) is 6.10 Å². The molecule has 84 valence electrons. The van der Waals surface area contributed by atoms with Crippen molar-refractivity contribution < 1.29 is 23.1 Å². The van der Waals surface area contributed by atoms with Crippen molar-refractivity contribution in [2.24, 2.45) is 0 Å². The summed E-state index contributed by atoms with van der Waals surface area (Å²) < 4.78 is 20.1. The lowest BCUT2D eigenvalue weighted by Crippen LogP contribution is -2.40. The van der Waals surface area contributed by atoms with E-state index in [4.69, 9.17) is 18.3 Å². The summed E-state index contributed by atoms with van der Waals surface area (Å²) in [4.78, 5) is 9.66. The maximum absolute atomic E-state index is 9.66. The summed E-state index contributed by atoms with van der Waals surface area (Å²) in [7, 11) is 0.0636. The first-order valence-electron chi connectivity index (χ1n) is 4.72. The highest BCUT2D eigenvalue weighted by molar-refractivity contribution is 6.59. The van der Waals surface area contributed by atoms with Crippen molar-refractivity contribution in [2.75, 3.05) is 34.0 Å². The average Bonchev–Trinajstić information content (AvgIpc) is 3.01. The fourth-order valence-corrected chi connectivity index (χ4v) is 2.23. The Hall–Kier alpha value is 0.0169. The van der Waals surface area contributed by atoms with E-state index in [0.29, 0.717) is 25.4 Å². The molecule has 1 N–H and O–H groups in total. The van der Waals surface area contributed by atoms with Crippen molar-refractivity contribution in [1.82, 2.24) is 0 Å². The van der Waals surface area contributed by atoms with Gasteiger partial charge in [-0.2, -0.15) is 0 Å². The van der Waals surface area contributed by atoms with Crippen molar-refractivity contribution in [2.45, 2.75) is 18.6 Å².